The van der Waals surface area contributed by atoms with Crippen molar-refractivity contribution in [3.05, 3.63) is 29.8 Å². The van der Waals surface area contributed by atoms with Crippen molar-refractivity contribution in [3.8, 4) is 0 Å². The summed E-state index contributed by atoms with van der Waals surface area (Å²) in [6.07, 6.45) is 2.10. The molecule has 3 rings (SSSR count). The van der Waals surface area contributed by atoms with Gasteiger partial charge in [-0.1, -0.05) is 19.1 Å². The fraction of sp³-hybridized carbons (Fsp3) is 0.652. The molecule has 2 saturated heterocycles. The number of anilines is 1. The molecule has 2 heterocycles. The van der Waals surface area contributed by atoms with E-state index in [-0.39, 0.29) is 41.8 Å². The molecule has 2 aliphatic heterocycles. The Morgan fingerprint density at radius 3 is 2.48 bits per heavy atom. The Morgan fingerprint density at radius 2 is 1.90 bits per heavy atom. The molecule has 0 bridgehead atoms. The summed E-state index contributed by atoms with van der Waals surface area (Å²) in [5, 5.41) is 12.7. The SMILES string of the molecule is CCNC(=NCc1ccc(N2CCC(CO)CC2)cc1)N1CC(C)C(C(=O)OC)C1.I. The molecule has 174 valence electrons. The standard InChI is InChI=1S/C23H36N4O3.HI/c1-4-24-23(27-14-17(2)21(15-27)22(29)30-3)25-13-18-5-7-20(8-6-18)26-11-9-19(16-28)10-12-26;/h5-8,17,19,21,28H,4,9-16H2,1-3H3,(H,24,25);1H. The van der Waals surface area contributed by atoms with Crippen molar-refractivity contribution in [2.75, 3.05) is 51.3 Å². The third kappa shape index (κ3) is 6.71. The summed E-state index contributed by atoms with van der Waals surface area (Å²) in [6, 6.07) is 8.62. The number of piperidine rings is 1. The molecule has 2 aliphatic rings. The first-order chi connectivity index (χ1) is 14.5. The number of guanidine groups is 1. The number of carbonyl (C=O) groups excluding carboxylic acids is 1. The van der Waals surface area contributed by atoms with E-state index in [2.05, 4.69) is 53.2 Å². The normalized spacial score (nSPS) is 22.3. The number of rotatable bonds is 6. The zero-order valence-corrected chi connectivity index (χ0v) is 21.2. The van der Waals surface area contributed by atoms with Crippen LogP contribution in [0.4, 0.5) is 5.69 Å². The van der Waals surface area contributed by atoms with E-state index in [4.69, 9.17) is 9.73 Å². The maximum atomic E-state index is 12.0. The minimum Gasteiger partial charge on any atom is -0.469 e. The number of hydrogen-bond acceptors (Lipinski definition) is 5. The van der Waals surface area contributed by atoms with E-state index in [0.29, 0.717) is 25.6 Å². The van der Waals surface area contributed by atoms with Crippen LogP contribution in [0.2, 0.25) is 0 Å². The topological polar surface area (TPSA) is 77.4 Å². The van der Waals surface area contributed by atoms with E-state index in [1.165, 1.54) is 12.8 Å². The van der Waals surface area contributed by atoms with Crippen molar-refractivity contribution in [3.63, 3.8) is 0 Å². The number of methoxy groups -OCH3 is 1. The Labute approximate surface area is 203 Å². The van der Waals surface area contributed by atoms with Gasteiger partial charge in [0.15, 0.2) is 5.96 Å². The molecule has 8 heteroatoms. The number of nitrogens with one attached hydrogen (secondary N) is 1. The largest absolute Gasteiger partial charge is 0.469 e. The van der Waals surface area contributed by atoms with Gasteiger partial charge < -0.3 is 25.0 Å². The van der Waals surface area contributed by atoms with Crippen molar-refractivity contribution < 1.29 is 14.6 Å². The van der Waals surface area contributed by atoms with Gasteiger partial charge in [0.05, 0.1) is 19.6 Å². The lowest BCUT2D eigenvalue weighted by atomic mass is 9.97. The van der Waals surface area contributed by atoms with Crippen LogP contribution in [0.15, 0.2) is 29.3 Å². The third-order valence-electron chi connectivity index (χ3n) is 6.34. The van der Waals surface area contributed by atoms with Gasteiger partial charge in [0.25, 0.3) is 0 Å². The number of benzene rings is 1. The summed E-state index contributed by atoms with van der Waals surface area (Å²) in [6.45, 7) is 9.28. The summed E-state index contributed by atoms with van der Waals surface area (Å²) < 4.78 is 4.95. The highest BCUT2D eigenvalue weighted by Crippen LogP contribution is 2.25. The molecule has 1 aromatic carbocycles. The number of esters is 1. The molecule has 0 amide bonds. The van der Waals surface area contributed by atoms with Crippen molar-refractivity contribution in [1.82, 2.24) is 10.2 Å². The van der Waals surface area contributed by atoms with Gasteiger partial charge in [-0.3, -0.25) is 4.79 Å². The average Bonchev–Trinajstić information content (AvgIpc) is 3.18. The highest BCUT2D eigenvalue weighted by atomic mass is 127. The lowest BCUT2D eigenvalue weighted by Crippen LogP contribution is -2.40. The first kappa shape index (κ1) is 25.7. The number of aliphatic hydroxyl groups excluding tert-OH is 1. The Balaban J connectivity index is 0.00000341. The van der Waals surface area contributed by atoms with Crippen LogP contribution in [0.3, 0.4) is 0 Å². The lowest BCUT2D eigenvalue weighted by Gasteiger charge is -2.32. The smallest absolute Gasteiger partial charge is 0.310 e. The molecule has 2 unspecified atom stereocenters. The first-order valence-electron chi connectivity index (χ1n) is 11.1. The third-order valence-corrected chi connectivity index (χ3v) is 6.34. The monoisotopic (exact) mass is 544 g/mol. The van der Waals surface area contributed by atoms with Crippen LogP contribution in [0, 0.1) is 17.8 Å². The first-order valence-corrected chi connectivity index (χ1v) is 11.1. The van der Waals surface area contributed by atoms with Gasteiger partial charge in [-0.05, 0) is 49.3 Å². The highest BCUT2D eigenvalue weighted by molar-refractivity contribution is 14.0. The second-order valence-corrected chi connectivity index (χ2v) is 8.46. The van der Waals surface area contributed by atoms with E-state index in [1.807, 2.05) is 0 Å². The lowest BCUT2D eigenvalue weighted by molar-refractivity contribution is -0.145. The second kappa shape index (κ2) is 12.5. The minimum atomic E-state index is -0.139. The van der Waals surface area contributed by atoms with Gasteiger partial charge in [0, 0.05) is 45.0 Å². The van der Waals surface area contributed by atoms with E-state index < -0.39 is 0 Å². The molecule has 2 N–H and O–H groups in total. The van der Waals surface area contributed by atoms with Gasteiger partial charge >= 0.3 is 5.97 Å². The van der Waals surface area contributed by atoms with Crippen LogP contribution in [-0.2, 0) is 16.1 Å². The zero-order valence-electron chi connectivity index (χ0n) is 18.9. The van der Waals surface area contributed by atoms with Gasteiger partial charge in [-0.2, -0.15) is 0 Å². The summed E-state index contributed by atoms with van der Waals surface area (Å²) in [5.74, 6) is 1.31. The summed E-state index contributed by atoms with van der Waals surface area (Å²) >= 11 is 0. The maximum Gasteiger partial charge on any atom is 0.310 e. The number of likely N-dealkylation sites (tertiary alicyclic amines) is 1. The maximum absolute atomic E-state index is 12.0. The van der Waals surface area contributed by atoms with Crippen LogP contribution < -0.4 is 10.2 Å². The molecule has 0 saturated carbocycles. The van der Waals surface area contributed by atoms with Gasteiger partial charge in [-0.15, -0.1) is 24.0 Å². The number of nitrogens with zero attached hydrogens (tertiary/aromatic N) is 3. The van der Waals surface area contributed by atoms with Gasteiger partial charge in [0.1, 0.15) is 0 Å². The second-order valence-electron chi connectivity index (χ2n) is 8.46. The highest BCUT2D eigenvalue weighted by Gasteiger charge is 2.36. The predicted octanol–water partition coefficient (Wildman–Crippen LogP) is 2.72. The molecule has 2 atom stereocenters. The Kier molecular flexibility index (Phi) is 10.3. The molecule has 0 aliphatic carbocycles. The van der Waals surface area contributed by atoms with Crippen LogP contribution in [0.25, 0.3) is 0 Å². The van der Waals surface area contributed by atoms with Crippen molar-refractivity contribution in [1.29, 1.82) is 0 Å². The number of aliphatic hydroxyl groups is 1. The van der Waals surface area contributed by atoms with Crippen LogP contribution >= 0.6 is 24.0 Å². The Bertz CT molecular complexity index is 720. The minimum absolute atomic E-state index is 0. The average molecular weight is 544 g/mol. The summed E-state index contributed by atoms with van der Waals surface area (Å²) in [5.41, 5.74) is 2.40. The van der Waals surface area contributed by atoms with Crippen LogP contribution in [-0.4, -0.2) is 68.4 Å². The molecule has 7 nitrogen and oxygen atoms in total. The molecular formula is C23H37IN4O3. The molecular weight excluding hydrogens is 507 g/mol. The predicted molar refractivity (Wildman–Crippen MR) is 135 cm³/mol. The molecule has 0 spiro atoms. The van der Waals surface area contributed by atoms with Crippen LogP contribution in [0.5, 0.6) is 0 Å². The molecule has 31 heavy (non-hydrogen) atoms. The van der Waals surface area contributed by atoms with Crippen molar-refractivity contribution >= 4 is 41.6 Å². The number of ether oxygens (including phenoxy) is 1. The fourth-order valence-corrected chi connectivity index (χ4v) is 4.38. The number of halogens is 1. The summed E-state index contributed by atoms with van der Waals surface area (Å²) in [7, 11) is 1.45. The quantitative estimate of drug-likeness (QED) is 0.248. The zero-order chi connectivity index (χ0) is 21.5. The molecule has 1 aromatic rings. The molecule has 2 fully saturated rings. The fourth-order valence-electron chi connectivity index (χ4n) is 4.38. The molecule has 0 radical (unpaired) electrons. The Morgan fingerprint density at radius 1 is 1.23 bits per heavy atom. The van der Waals surface area contributed by atoms with E-state index in [1.54, 1.807) is 0 Å². The number of aliphatic imine (C=N–C) groups is 1. The van der Waals surface area contributed by atoms with E-state index in [0.717, 1.165) is 50.5 Å². The van der Waals surface area contributed by atoms with E-state index in [9.17, 15) is 9.90 Å². The Hall–Kier alpha value is -1.55. The molecule has 0 aromatic heterocycles. The number of carbonyl (C=O) groups is 1. The summed E-state index contributed by atoms with van der Waals surface area (Å²) in [4.78, 5) is 21.4. The van der Waals surface area contributed by atoms with Crippen LogP contribution in [0.1, 0.15) is 32.3 Å². The number of hydrogen-bond donors (Lipinski definition) is 2. The van der Waals surface area contributed by atoms with Gasteiger partial charge in [0.2, 0.25) is 0 Å². The van der Waals surface area contributed by atoms with Crippen molar-refractivity contribution in [2.45, 2.75) is 33.2 Å². The van der Waals surface area contributed by atoms with Gasteiger partial charge in [-0.25, -0.2) is 4.99 Å². The van der Waals surface area contributed by atoms with Crippen molar-refractivity contribution in [2.24, 2.45) is 22.7 Å². The van der Waals surface area contributed by atoms with E-state index >= 15 is 0 Å².